The molecule has 0 heterocycles. The molecule has 6 nitrogen and oxygen atoms in total. The van der Waals surface area contributed by atoms with Crippen molar-refractivity contribution in [2.24, 2.45) is 0 Å². The van der Waals surface area contributed by atoms with Crippen molar-refractivity contribution in [3.05, 3.63) is 35.6 Å². The maximum atomic E-state index is 12.7. The minimum Gasteiger partial charge on any atom is -0.324 e. The van der Waals surface area contributed by atoms with Crippen LogP contribution in [0, 0.1) is 5.82 Å². The predicted molar refractivity (Wildman–Crippen MR) is 60.4 cm³/mol. The summed E-state index contributed by atoms with van der Waals surface area (Å²) in [5.41, 5.74) is -0.934. The number of halogens is 1. The van der Waals surface area contributed by atoms with E-state index in [2.05, 4.69) is 0 Å². The van der Waals surface area contributed by atoms with Gasteiger partial charge in [-0.2, -0.15) is 0 Å². The van der Waals surface area contributed by atoms with Crippen LogP contribution in [-0.2, 0) is 9.36 Å². The standard InChI is InChI=1S/C10H13FNO5P/c11-9-3-1-8(2-4-9)10(18(15,16)17)5-6-12(14)7-13/h1-4,7,10,14H,5-6H2,(H2,15,16,17). The largest absolute Gasteiger partial charge is 0.333 e. The van der Waals surface area contributed by atoms with Crippen molar-refractivity contribution in [1.29, 1.82) is 0 Å². The molecule has 0 aliphatic heterocycles. The molecular weight excluding hydrogens is 264 g/mol. The Morgan fingerprint density at radius 3 is 2.33 bits per heavy atom. The summed E-state index contributed by atoms with van der Waals surface area (Å²) in [6.45, 7) is -0.226. The summed E-state index contributed by atoms with van der Waals surface area (Å²) in [4.78, 5) is 28.6. The molecular formula is C10H13FNO5P. The normalized spacial score (nSPS) is 13.1. The van der Waals surface area contributed by atoms with Gasteiger partial charge in [0.05, 0.1) is 5.66 Å². The van der Waals surface area contributed by atoms with Crippen molar-refractivity contribution in [2.45, 2.75) is 12.1 Å². The summed E-state index contributed by atoms with van der Waals surface area (Å²) in [5, 5.41) is 9.21. The van der Waals surface area contributed by atoms with Gasteiger partial charge in [0.2, 0.25) is 6.41 Å². The Labute approximate surface area is 103 Å². The summed E-state index contributed by atoms with van der Waals surface area (Å²) in [6.07, 6.45) is 0.00650. The number of carbonyl (C=O) groups excluding carboxylic acids is 1. The van der Waals surface area contributed by atoms with Crippen LogP contribution in [0.1, 0.15) is 17.6 Å². The van der Waals surface area contributed by atoms with Crippen molar-refractivity contribution in [1.82, 2.24) is 5.06 Å². The van der Waals surface area contributed by atoms with Gasteiger partial charge in [0.25, 0.3) is 0 Å². The molecule has 0 spiro atoms. The molecule has 1 amide bonds. The average molecular weight is 277 g/mol. The number of benzene rings is 1. The monoisotopic (exact) mass is 277 g/mol. The van der Waals surface area contributed by atoms with Gasteiger partial charge in [-0.15, -0.1) is 0 Å². The van der Waals surface area contributed by atoms with Crippen LogP contribution in [0.4, 0.5) is 4.39 Å². The molecule has 0 saturated carbocycles. The van der Waals surface area contributed by atoms with Gasteiger partial charge in [-0.1, -0.05) is 12.1 Å². The molecule has 0 aliphatic rings. The molecule has 1 unspecified atom stereocenters. The molecule has 8 heteroatoms. The fourth-order valence-electron chi connectivity index (χ4n) is 1.52. The summed E-state index contributed by atoms with van der Waals surface area (Å²) < 4.78 is 24.1. The Balaban J connectivity index is 2.89. The molecule has 1 atom stereocenters. The first-order valence-electron chi connectivity index (χ1n) is 5.06. The molecule has 1 aromatic carbocycles. The zero-order valence-corrected chi connectivity index (χ0v) is 10.2. The minimum atomic E-state index is -4.46. The Morgan fingerprint density at radius 2 is 1.89 bits per heavy atom. The van der Waals surface area contributed by atoms with Gasteiger partial charge >= 0.3 is 7.60 Å². The number of amides is 1. The minimum absolute atomic E-state index is 0.134. The van der Waals surface area contributed by atoms with E-state index in [1.54, 1.807) is 0 Å². The molecule has 1 rings (SSSR count). The van der Waals surface area contributed by atoms with Crippen LogP contribution in [-0.4, -0.2) is 33.0 Å². The van der Waals surface area contributed by atoms with Crippen LogP contribution < -0.4 is 0 Å². The lowest BCUT2D eigenvalue weighted by atomic mass is 10.1. The number of hydrogen-bond donors (Lipinski definition) is 3. The molecule has 1 aromatic rings. The van der Waals surface area contributed by atoms with Crippen molar-refractivity contribution in [3.63, 3.8) is 0 Å². The van der Waals surface area contributed by atoms with E-state index in [9.17, 15) is 23.5 Å². The molecule has 0 aliphatic carbocycles. The maximum Gasteiger partial charge on any atom is 0.333 e. The van der Waals surface area contributed by atoms with Crippen LogP contribution in [0.15, 0.2) is 24.3 Å². The smallest absolute Gasteiger partial charge is 0.324 e. The molecule has 0 saturated heterocycles. The molecule has 0 radical (unpaired) electrons. The number of rotatable bonds is 6. The van der Waals surface area contributed by atoms with Gasteiger partial charge < -0.3 is 9.79 Å². The van der Waals surface area contributed by atoms with Gasteiger partial charge in [0.15, 0.2) is 0 Å². The van der Waals surface area contributed by atoms with Gasteiger partial charge in [-0.05, 0) is 24.1 Å². The number of carbonyl (C=O) groups is 1. The van der Waals surface area contributed by atoms with Crippen molar-refractivity contribution < 1.29 is 28.7 Å². The Hall–Kier alpha value is -1.27. The maximum absolute atomic E-state index is 12.7. The second-order valence-electron chi connectivity index (χ2n) is 3.71. The topological polar surface area (TPSA) is 98.1 Å². The highest BCUT2D eigenvalue weighted by Gasteiger charge is 2.30. The lowest BCUT2D eigenvalue weighted by Crippen LogP contribution is -2.20. The van der Waals surface area contributed by atoms with Crippen LogP contribution in [0.25, 0.3) is 0 Å². The SMILES string of the molecule is O=CN(O)CCC(c1ccc(F)cc1)P(=O)(O)O. The summed E-state index contributed by atoms with van der Waals surface area (Å²) in [5.74, 6) is -0.514. The Bertz CT molecular complexity index is 446. The lowest BCUT2D eigenvalue weighted by Gasteiger charge is -2.20. The van der Waals surface area contributed by atoms with Crippen LogP contribution >= 0.6 is 7.60 Å². The van der Waals surface area contributed by atoms with Gasteiger partial charge in [0, 0.05) is 6.54 Å². The van der Waals surface area contributed by atoms with E-state index in [1.807, 2.05) is 0 Å². The molecule has 0 bridgehead atoms. The molecule has 100 valence electrons. The number of hydrogen-bond acceptors (Lipinski definition) is 3. The van der Waals surface area contributed by atoms with E-state index in [-0.39, 0.29) is 24.9 Å². The third-order valence-corrected chi connectivity index (χ3v) is 3.78. The molecule has 18 heavy (non-hydrogen) atoms. The predicted octanol–water partition coefficient (Wildman–Crippen LogP) is 1.28. The highest BCUT2D eigenvalue weighted by atomic mass is 31.2. The third kappa shape index (κ3) is 4.19. The second kappa shape index (κ2) is 6.06. The quantitative estimate of drug-likeness (QED) is 0.315. The molecule has 3 N–H and O–H groups in total. The summed E-state index contributed by atoms with van der Waals surface area (Å²) in [7, 11) is -4.46. The fourth-order valence-corrected chi connectivity index (χ4v) is 2.53. The van der Waals surface area contributed by atoms with E-state index in [0.717, 1.165) is 12.1 Å². The van der Waals surface area contributed by atoms with E-state index in [0.29, 0.717) is 5.06 Å². The lowest BCUT2D eigenvalue weighted by molar-refractivity contribution is -0.149. The molecule has 0 fully saturated rings. The zero-order valence-electron chi connectivity index (χ0n) is 9.31. The highest BCUT2D eigenvalue weighted by Crippen LogP contribution is 2.53. The second-order valence-corrected chi connectivity index (χ2v) is 5.52. The van der Waals surface area contributed by atoms with Gasteiger partial charge in [-0.25, -0.2) is 9.45 Å². The summed E-state index contributed by atoms with van der Waals surface area (Å²) in [6, 6.07) is 4.71. The zero-order chi connectivity index (χ0) is 13.8. The van der Waals surface area contributed by atoms with E-state index in [1.165, 1.54) is 12.1 Å². The van der Waals surface area contributed by atoms with Crippen LogP contribution in [0.3, 0.4) is 0 Å². The number of hydroxylamine groups is 2. The highest BCUT2D eigenvalue weighted by molar-refractivity contribution is 7.52. The summed E-state index contributed by atoms with van der Waals surface area (Å²) >= 11 is 0. The Kier molecular flexibility index (Phi) is 4.98. The first kappa shape index (κ1) is 14.8. The van der Waals surface area contributed by atoms with Crippen molar-refractivity contribution in [3.8, 4) is 0 Å². The van der Waals surface area contributed by atoms with Crippen molar-refractivity contribution in [2.75, 3.05) is 6.54 Å². The van der Waals surface area contributed by atoms with E-state index in [4.69, 9.17) is 5.21 Å². The van der Waals surface area contributed by atoms with Gasteiger partial charge in [-0.3, -0.25) is 14.6 Å². The molecule has 0 aromatic heterocycles. The van der Waals surface area contributed by atoms with Gasteiger partial charge in [0.1, 0.15) is 5.82 Å². The first-order chi connectivity index (χ1) is 8.34. The van der Waals surface area contributed by atoms with E-state index >= 15 is 0 Å². The fraction of sp³-hybridized carbons (Fsp3) is 0.300. The Morgan fingerprint density at radius 1 is 1.33 bits per heavy atom. The van der Waals surface area contributed by atoms with Crippen molar-refractivity contribution >= 4 is 14.0 Å². The van der Waals surface area contributed by atoms with E-state index < -0.39 is 19.1 Å². The first-order valence-corrected chi connectivity index (χ1v) is 6.74. The third-order valence-electron chi connectivity index (χ3n) is 2.41. The average Bonchev–Trinajstić information content (AvgIpc) is 2.29. The van der Waals surface area contributed by atoms with Crippen LogP contribution in [0.2, 0.25) is 0 Å². The van der Waals surface area contributed by atoms with Crippen LogP contribution in [0.5, 0.6) is 0 Å². The number of nitrogens with zero attached hydrogens (tertiary/aromatic N) is 1.